The SMILES string of the molecule is O=C(NCC(c1ccccc1)N1CCOCC1)c1ccccc1Cc1cccs1. The zero-order chi connectivity index (χ0) is 19.9. The van der Waals surface area contributed by atoms with E-state index in [-0.39, 0.29) is 11.9 Å². The Labute approximate surface area is 176 Å². The van der Waals surface area contributed by atoms with E-state index in [9.17, 15) is 4.79 Å². The lowest BCUT2D eigenvalue weighted by atomic mass is 10.0. The molecule has 0 bridgehead atoms. The van der Waals surface area contributed by atoms with E-state index in [1.165, 1.54) is 10.4 Å². The van der Waals surface area contributed by atoms with Gasteiger partial charge in [-0.3, -0.25) is 9.69 Å². The molecule has 2 heterocycles. The van der Waals surface area contributed by atoms with Crippen molar-refractivity contribution in [3.63, 3.8) is 0 Å². The number of thiophene rings is 1. The molecule has 2 aromatic carbocycles. The van der Waals surface area contributed by atoms with Gasteiger partial charge in [-0.1, -0.05) is 54.6 Å². The number of amides is 1. The first-order chi connectivity index (χ1) is 14.3. The van der Waals surface area contributed by atoms with Gasteiger partial charge in [0, 0.05) is 36.5 Å². The summed E-state index contributed by atoms with van der Waals surface area (Å²) in [5.41, 5.74) is 3.05. The number of morpholine rings is 1. The van der Waals surface area contributed by atoms with Gasteiger partial charge in [0.05, 0.1) is 19.3 Å². The van der Waals surface area contributed by atoms with E-state index >= 15 is 0 Å². The van der Waals surface area contributed by atoms with Crippen molar-refractivity contribution >= 4 is 17.2 Å². The summed E-state index contributed by atoms with van der Waals surface area (Å²) in [5.74, 6) is -0.00801. The largest absolute Gasteiger partial charge is 0.379 e. The fourth-order valence-electron chi connectivity index (χ4n) is 3.80. The summed E-state index contributed by atoms with van der Waals surface area (Å²) < 4.78 is 5.52. The Kier molecular flexibility index (Phi) is 6.72. The lowest BCUT2D eigenvalue weighted by Crippen LogP contribution is -2.43. The third kappa shape index (κ3) is 5.12. The molecule has 3 aromatic rings. The van der Waals surface area contributed by atoms with E-state index in [0.29, 0.717) is 6.54 Å². The Morgan fingerprint density at radius 2 is 1.76 bits per heavy atom. The summed E-state index contributed by atoms with van der Waals surface area (Å²) in [4.78, 5) is 16.7. The fourth-order valence-corrected chi connectivity index (χ4v) is 4.53. The van der Waals surface area contributed by atoms with Gasteiger partial charge in [-0.25, -0.2) is 0 Å². The molecule has 1 fully saturated rings. The number of carbonyl (C=O) groups excluding carboxylic acids is 1. The zero-order valence-electron chi connectivity index (χ0n) is 16.4. The normalized spacial score (nSPS) is 15.7. The first-order valence-electron chi connectivity index (χ1n) is 10.1. The quantitative estimate of drug-likeness (QED) is 0.641. The van der Waals surface area contributed by atoms with E-state index in [1.807, 2.05) is 30.3 Å². The number of carbonyl (C=O) groups is 1. The molecule has 4 rings (SSSR count). The minimum absolute atomic E-state index is 0.00801. The first-order valence-corrected chi connectivity index (χ1v) is 10.9. The third-order valence-corrected chi connectivity index (χ3v) is 6.21. The number of nitrogens with zero attached hydrogens (tertiary/aromatic N) is 1. The van der Waals surface area contributed by atoms with Crippen molar-refractivity contribution in [1.29, 1.82) is 0 Å². The second kappa shape index (κ2) is 9.83. The number of benzene rings is 2. The molecule has 1 unspecified atom stereocenters. The molecule has 150 valence electrons. The predicted molar refractivity (Wildman–Crippen MR) is 117 cm³/mol. The fraction of sp³-hybridized carbons (Fsp3) is 0.292. The van der Waals surface area contributed by atoms with E-state index in [1.54, 1.807) is 11.3 Å². The van der Waals surface area contributed by atoms with Crippen LogP contribution in [0.25, 0.3) is 0 Å². The van der Waals surface area contributed by atoms with Gasteiger partial charge >= 0.3 is 0 Å². The van der Waals surface area contributed by atoms with Crippen LogP contribution in [0.1, 0.15) is 32.4 Å². The van der Waals surface area contributed by atoms with Gasteiger partial charge in [0.2, 0.25) is 0 Å². The lowest BCUT2D eigenvalue weighted by Gasteiger charge is -2.35. The summed E-state index contributed by atoms with van der Waals surface area (Å²) >= 11 is 1.72. The Balaban J connectivity index is 1.48. The van der Waals surface area contributed by atoms with Crippen molar-refractivity contribution in [2.24, 2.45) is 0 Å². The lowest BCUT2D eigenvalue weighted by molar-refractivity contribution is 0.0162. The molecule has 1 atom stereocenters. The molecular formula is C24H26N2O2S. The molecular weight excluding hydrogens is 380 g/mol. The monoisotopic (exact) mass is 406 g/mol. The highest BCUT2D eigenvalue weighted by Gasteiger charge is 2.23. The molecule has 29 heavy (non-hydrogen) atoms. The molecule has 1 aliphatic heterocycles. The Morgan fingerprint density at radius 1 is 1.00 bits per heavy atom. The van der Waals surface area contributed by atoms with Crippen molar-refractivity contribution in [2.75, 3.05) is 32.8 Å². The average Bonchev–Trinajstić information content (AvgIpc) is 3.29. The highest BCUT2D eigenvalue weighted by molar-refractivity contribution is 7.09. The number of hydrogen-bond donors (Lipinski definition) is 1. The molecule has 5 heteroatoms. The highest BCUT2D eigenvalue weighted by atomic mass is 32.1. The second-order valence-corrected chi connectivity index (χ2v) is 8.23. The van der Waals surface area contributed by atoms with Crippen LogP contribution in [-0.4, -0.2) is 43.7 Å². The molecule has 1 aromatic heterocycles. The zero-order valence-corrected chi connectivity index (χ0v) is 17.2. The van der Waals surface area contributed by atoms with Crippen molar-refractivity contribution in [3.05, 3.63) is 93.7 Å². The van der Waals surface area contributed by atoms with Crippen LogP contribution in [-0.2, 0) is 11.2 Å². The van der Waals surface area contributed by atoms with Gasteiger partial charge < -0.3 is 10.1 Å². The number of rotatable bonds is 7. The van der Waals surface area contributed by atoms with E-state index in [2.05, 4.69) is 52.0 Å². The predicted octanol–water partition coefficient (Wildman–Crippen LogP) is 4.14. The van der Waals surface area contributed by atoms with Crippen LogP contribution >= 0.6 is 11.3 Å². The Hall–Kier alpha value is -2.47. The molecule has 1 amide bonds. The van der Waals surface area contributed by atoms with Crippen LogP contribution in [0, 0.1) is 0 Å². The maximum atomic E-state index is 13.1. The molecule has 4 nitrogen and oxygen atoms in total. The topological polar surface area (TPSA) is 41.6 Å². The van der Waals surface area contributed by atoms with Crippen molar-refractivity contribution in [1.82, 2.24) is 10.2 Å². The van der Waals surface area contributed by atoms with Gasteiger partial charge in [0.15, 0.2) is 0 Å². The Bertz CT molecular complexity index is 906. The molecule has 0 saturated carbocycles. The Morgan fingerprint density at radius 3 is 2.52 bits per heavy atom. The van der Waals surface area contributed by atoms with Crippen molar-refractivity contribution in [2.45, 2.75) is 12.5 Å². The molecule has 0 spiro atoms. The maximum absolute atomic E-state index is 13.1. The van der Waals surface area contributed by atoms with Crippen LogP contribution in [0.4, 0.5) is 0 Å². The van der Waals surface area contributed by atoms with E-state index in [0.717, 1.165) is 43.9 Å². The summed E-state index contributed by atoms with van der Waals surface area (Å²) in [6.07, 6.45) is 0.785. The van der Waals surface area contributed by atoms with Crippen LogP contribution in [0.5, 0.6) is 0 Å². The molecule has 0 radical (unpaired) electrons. The average molecular weight is 407 g/mol. The standard InChI is InChI=1S/C24H26N2O2S/c27-24(22-11-5-4-9-20(22)17-21-10-6-16-29-21)25-18-23(19-7-2-1-3-8-19)26-12-14-28-15-13-26/h1-11,16,23H,12-15,17-18H2,(H,25,27). The molecule has 1 aliphatic rings. The van der Waals surface area contributed by atoms with Crippen LogP contribution in [0.15, 0.2) is 72.1 Å². The van der Waals surface area contributed by atoms with Gasteiger partial charge in [-0.05, 0) is 28.6 Å². The minimum Gasteiger partial charge on any atom is -0.379 e. The van der Waals surface area contributed by atoms with Gasteiger partial charge in [-0.2, -0.15) is 0 Å². The number of nitrogens with one attached hydrogen (secondary N) is 1. The smallest absolute Gasteiger partial charge is 0.251 e. The molecule has 0 aliphatic carbocycles. The van der Waals surface area contributed by atoms with Crippen LogP contribution < -0.4 is 5.32 Å². The van der Waals surface area contributed by atoms with Crippen LogP contribution in [0.2, 0.25) is 0 Å². The summed E-state index contributed by atoms with van der Waals surface area (Å²) in [7, 11) is 0. The first kappa shape index (κ1) is 19.8. The highest BCUT2D eigenvalue weighted by Crippen LogP contribution is 2.22. The van der Waals surface area contributed by atoms with Crippen LogP contribution in [0.3, 0.4) is 0 Å². The van der Waals surface area contributed by atoms with Gasteiger partial charge in [0.25, 0.3) is 5.91 Å². The number of hydrogen-bond acceptors (Lipinski definition) is 4. The summed E-state index contributed by atoms with van der Waals surface area (Å²) in [5, 5.41) is 5.27. The van der Waals surface area contributed by atoms with E-state index in [4.69, 9.17) is 4.74 Å². The van der Waals surface area contributed by atoms with Crippen molar-refractivity contribution in [3.8, 4) is 0 Å². The molecule has 1 saturated heterocycles. The summed E-state index contributed by atoms with van der Waals surface area (Å²) in [6.45, 7) is 3.81. The van der Waals surface area contributed by atoms with Crippen molar-refractivity contribution < 1.29 is 9.53 Å². The second-order valence-electron chi connectivity index (χ2n) is 7.20. The minimum atomic E-state index is -0.00801. The maximum Gasteiger partial charge on any atom is 0.251 e. The van der Waals surface area contributed by atoms with Gasteiger partial charge in [0.1, 0.15) is 0 Å². The van der Waals surface area contributed by atoms with E-state index < -0.39 is 0 Å². The number of ether oxygens (including phenoxy) is 1. The molecule has 1 N–H and O–H groups in total. The van der Waals surface area contributed by atoms with Gasteiger partial charge in [-0.15, -0.1) is 11.3 Å². The third-order valence-electron chi connectivity index (χ3n) is 5.33. The summed E-state index contributed by atoms with van der Waals surface area (Å²) in [6, 6.07) is 22.6.